The van der Waals surface area contributed by atoms with Gasteiger partial charge in [0.15, 0.2) is 5.71 Å². The predicted molar refractivity (Wildman–Crippen MR) is 216 cm³/mol. The van der Waals surface area contributed by atoms with Crippen LogP contribution in [0.1, 0.15) is 101 Å². The summed E-state index contributed by atoms with van der Waals surface area (Å²) in [5, 5.41) is 0.493. The Labute approximate surface area is 339 Å². The lowest BCUT2D eigenvalue weighted by Gasteiger charge is -2.40. The van der Waals surface area contributed by atoms with Gasteiger partial charge in [-0.2, -0.15) is 21.4 Å². The van der Waals surface area contributed by atoms with E-state index in [9.17, 15) is 40.3 Å². The lowest BCUT2D eigenvalue weighted by atomic mass is 9.75. The summed E-state index contributed by atoms with van der Waals surface area (Å²) in [6.45, 7) is 10.4. The number of fused-ring (bicyclic) bond motifs is 3. The molecule has 58 heavy (non-hydrogen) atoms. The fourth-order valence-corrected chi connectivity index (χ4v) is 9.76. The summed E-state index contributed by atoms with van der Waals surface area (Å²) in [6, 6.07) is 6.44. The average Bonchev–Trinajstić information content (AvgIpc) is 3.58. The largest absolute Gasteiger partial charge is 0.460 e. The number of hydroxylamine groups is 2. The molecule has 5 aliphatic rings. The molecule has 5 heterocycles. The van der Waals surface area contributed by atoms with Crippen molar-refractivity contribution in [1.29, 1.82) is 0 Å². The summed E-state index contributed by atoms with van der Waals surface area (Å²) in [5.41, 5.74) is 6.20. The summed E-state index contributed by atoms with van der Waals surface area (Å²) in [6.07, 6.45) is 12.1. The molecule has 0 aromatic heterocycles. The van der Waals surface area contributed by atoms with E-state index in [1.807, 2.05) is 29.7 Å². The maximum absolute atomic E-state index is 12.9. The number of imide groups is 1. The molecule has 0 bridgehead atoms. The minimum atomic E-state index is -4.63. The summed E-state index contributed by atoms with van der Waals surface area (Å²) >= 11 is 0. The Morgan fingerprint density at radius 2 is 1.71 bits per heavy atom. The van der Waals surface area contributed by atoms with Crippen LogP contribution in [0.5, 0.6) is 5.75 Å². The summed E-state index contributed by atoms with van der Waals surface area (Å²) in [4.78, 5) is 44.2. The third-order valence-electron chi connectivity index (χ3n) is 11.6. The first kappa shape index (κ1) is 41.5. The fourth-order valence-electron chi connectivity index (χ4n) is 8.76. The average molecular weight is 837 g/mol. The molecule has 7 rings (SSSR count). The number of anilines is 1. The van der Waals surface area contributed by atoms with Gasteiger partial charge in [-0.05, 0) is 80.9 Å². The molecule has 0 saturated carbocycles. The minimum absolute atomic E-state index is 0.0321. The smallest absolute Gasteiger partial charge is 0.333 e. The molecule has 1 fully saturated rings. The van der Waals surface area contributed by atoms with Crippen molar-refractivity contribution >= 4 is 60.7 Å². The van der Waals surface area contributed by atoms with Crippen molar-refractivity contribution in [3.8, 4) is 5.75 Å². The minimum Gasteiger partial charge on any atom is -0.460 e. The van der Waals surface area contributed by atoms with Crippen molar-refractivity contribution in [3.63, 3.8) is 0 Å². The van der Waals surface area contributed by atoms with E-state index >= 15 is 0 Å². The monoisotopic (exact) mass is 836 g/mol. The molecule has 310 valence electrons. The Kier molecular flexibility index (Phi) is 11.1. The summed E-state index contributed by atoms with van der Waals surface area (Å²) in [7, 11) is -8.92. The van der Waals surface area contributed by atoms with E-state index in [0.717, 1.165) is 61.4 Å². The third kappa shape index (κ3) is 8.29. The molecular weight excluding hydrogens is 787 g/mol. The SMILES string of the molecule is CC(C)(C)C1=C/C(=C\C=C\C2=[N+](CCCS(=O)(=O)O)c3ccc(S(=O)(=O)O)cc3C2(C)CCCC(=O)ON2C(=O)CCC2=O)c2cc3c4c(c2O1)CCCN4CCC3. The molecule has 2 aromatic carbocycles. The van der Waals surface area contributed by atoms with Crippen LogP contribution in [-0.4, -0.2) is 84.5 Å². The first-order chi connectivity index (χ1) is 27.2. The molecule has 5 aliphatic heterocycles. The maximum atomic E-state index is 12.9. The topological polar surface area (TPSA) is 188 Å². The van der Waals surface area contributed by atoms with Gasteiger partial charge in [0.25, 0.3) is 32.1 Å². The van der Waals surface area contributed by atoms with E-state index in [4.69, 9.17) is 9.57 Å². The van der Waals surface area contributed by atoms with Crippen LogP contribution in [0, 0.1) is 5.41 Å². The van der Waals surface area contributed by atoms with Gasteiger partial charge in [-0.15, -0.1) is 5.06 Å². The van der Waals surface area contributed by atoms with Crippen molar-refractivity contribution in [2.45, 2.75) is 102 Å². The highest BCUT2D eigenvalue weighted by molar-refractivity contribution is 7.86. The Bertz CT molecular complexity index is 2420. The number of ether oxygens (including phenoxy) is 1. The number of hydrogen-bond donors (Lipinski definition) is 2. The van der Waals surface area contributed by atoms with Crippen LogP contribution in [0.15, 0.2) is 59.2 Å². The quantitative estimate of drug-likeness (QED) is 0.144. The van der Waals surface area contributed by atoms with Gasteiger partial charge in [0.1, 0.15) is 18.1 Å². The number of aryl methyl sites for hydroxylation is 1. The lowest BCUT2D eigenvalue weighted by molar-refractivity contribution is -0.437. The van der Waals surface area contributed by atoms with E-state index in [2.05, 4.69) is 37.8 Å². The molecular formula is C42H50N3O11S2+. The number of rotatable bonds is 12. The highest BCUT2D eigenvalue weighted by atomic mass is 32.2. The van der Waals surface area contributed by atoms with E-state index in [1.165, 1.54) is 28.9 Å². The Balaban J connectivity index is 1.30. The molecule has 0 aliphatic carbocycles. The second-order valence-electron chi connectivity index (χ2n) is 16.8. The number of hydrogen-bond acceptors (Lipinski definition) is 10. The van der Waals surface area contributed by atoms with Crippen LogP contribution in [0.4, 0.5) is 11.4 Å². The van der Waals surface area contributed by atoms with Gasteiger partial charge in [0.2, 0.25) is 5.69 Å². The molecule has 1 atom stereocenters. The molecule has 0 radical (unpaired) electrons. The number of amides is 2. The Morgan fingerprint density at radius 1 is 1.00 bits per heavy atom. The van der Waals surface area contributed by atoms with Crippen LogP contribution < -0.4 is 9.64 Å². The van der Waals surface area contributed by atoms with Crippen molar-refractivity contribution in [1.82, 2.24) is 5.06 Å². The Morgan fingerprint density at radius 3 is 2.38 bits per heavy atom. The predicted octanol–water partition coefficient (Wildman–Crippen LogP) is 6.01. The molecule has 16 heteroatoms. The second-order valence-corrected chi connectivity index (χ2v) is 19.8. The van der Waals surface area contributed by atoms with Gasteiger partial charge in [-0.25, -0.2) is 4.79 Å². The lowest BCUT2D eigenvalue weighted by Crippen LogP contribution is -2.35. The standard InChI is InChI=1S/C42H49N3O11S2/c1-41(2,3)35-25-27(31-24-28-11-7-20-43-21-8-12-30(39(28)43)40(31)55-35)10-5-13-34-42(4,19-6-14-38(48)56-45-36(46)17-18-37(45)47)32-26-29(58(52,53)54)15-16-33(32)44(34)22-9-23-57(49,50)51/h5,10,13,15-16,24-26H,6-9,11-12,14,17-23H2,1-4H3,(H-,49,50,51,52,53,54)/p+1. The first-order valence-corrected chi connectivity index (χ1v) is 22.8. The summed E-state index contributed by atoms with van der Waals surface area (Å²) < 4.78 is 76.6. The highest BCUT2D eigenvalue weighted by Crippen LogP contribution is 2.49. The molecule has 2 aromatic rings. The van der Waals surface area contributed by atoms with Gasteiger partial charge in [-0.1, -0.05) is 32.9 Å². The van der Waals surface area contributed by atoms with E-state index in [-0.39, 0.29) is 55.4 Å². The van der Waals surface area contributed by atoms with E-state index < -0.39 is 49.2 Å². The number of benzene rings is 2. The third-order valence-corrected chi connectivity index (χ3v) is 13.3. The van der Waals surface area contributed by atoms with Crippen LogP contribution in [0.25, 0.3) is 5.57 Å². The van der Waals surface area contributed by atoms with Crippen molar-refractivity contribution in [2.75, 3.05) is 30.3 Å². The van der Waals surface area contributed by atoms with Gasteiger partial charge < -0.3 is 14.5 Å². The fraction of sp³-hybridized carbons (Fsp3) is 0.476. The molecule has 1 saturated heterocycles. The highest BCUT2D eigenvalue weighted by Gasteiger charge is 2.48. The molecule has 1 unspecified atom stereocenters. The van der Waals surface area contributed by atoms with Crippen LogP contribution in [-0.2, 0) is 57.7 Å². The van der Waals surface area contributed by atoms with E-state index in [0.29, 0.717) is 22.0 Å². The second kappa shape index (κ2) is 15.5. The zero-order valence-electron chi connectivity index (χ0n) is 33.2. The van der Waals surface area contributed by atoms with Gasteiger partial charge in [-0.3, -0.25) is 18.7 Å². The van der Waals surface area contributed by atoms with Crippen molar-refractivity contribution < 1.29 is 54.5 Å². The Hall–Kier alpha value is -4.64. The van der Waals surface area contributed by atoms with E-state index in [1.54, 1.807) is 6.07 Å². The van der Waals surface area contributed by atoms with Crippen LogP contribution in [0.3, 0.4) is 0 Å². The molecule has 0 spiro atoms. The normalized spacial score (nSPS) is 21.3. The number of carbonyl (C=O) groups is 3. The number of nitrogens with zero attached hydrogens (tertiary/aromatic N) is 3. The molecule has 2 N–H and O–H groups in total. The van der Waals surface area contributed by atoms with Crippen LogP contribution >= 0.6 is 0 Å². The number of allylic oxidation sites excluding steroid dienone is 6. The van der Waals surface area contributed by atoms with Gasteiger partial charge >= 0.3 is 5.97 Å². The molecule has 14 nitrogen and oxygen atoms in total. The number of carbonyl (C=O) groups excluding carboxylic acids is 3. The maximum Gasteiger partial charge on any atom is 0.333 e. The van der Waals surface area contributed by atoms with Crippen LogP contribution in [0.2, 0.25) is 0 Å². The molecule has 2 amide bonds. The zero-order valence-corrected chi connectivity index (χ0v) is 34.9. The zero-order chi connectivity index (χ0) is 41.8. The van der Waals surface area contributed by atoms with Gasteiger partial charge in [0.05, 0.1) is 16.1 Å². The first-order valence-electron chi connectivity index (χ1n) is 19.8. The summed E-state index contributed by atoms with van der Waals surface area (Å²) in [5.74, 6) is -0.795. The van der Waals surface area contributed by atoms with Gasteiger partial charge in [0, 0.05) is 78.7 Å². The van der Waals surface area contributed by atoms with Crippen molar-refractivity contribution in [3.05, 3.63) is 76.6 Å². The van der Waals surface area contributed by atoms with Crippen molar-refractivity contribution in [2.24, 2.45) is 5.41 Å².